The summed E-state index contributed by atoms with van der Waals surface area (Å²) in [5.41, 5.74) is 2.00. The molecule has 1 rings (SSSR count). The summed E-state index contributed by atoms with van der Waals surface area (Å²) in [6.07, 6.45) is 4.21. The lowest BCUT2D eigenvalue weighted by molar-refractivity contribution is 0.882. The monoisotopic (exact) mass is 148 g/mol. The summed E-state index contributed by atoms with van der Waals surface area (Å²) in [6.45, 7) is 2.14. The molecule has 0 spiro atoms. The molecular weight excluding hydrogens is 136 g/mol. The lowest BCUT2D eigenvalue weighted by atomic mass is 10.2. The van der Waals surface area contributed by atoms with Gasteiger partial charge in [-0.05, 0) is 18.1 Å². The predicted octanol–water partition coefficient (Wildman–Crippen LogP) is 1.85. The Bertz CT molecular complexity index is 278. The summed E-state index contributed by atoms with van der Waals surface area (Å²) < 4.78 is 1.87. The molecular formula is C9H12N2. The molecule has 1 aromatic heterocycles. The van der Waals surface area contributed by atoms with Gasteiger partial charge in [-0.1, -0.05) is 13.3 Å². The van der Waals surface area contributed by atoms with Crippen molar-refractivity contribution < 1.29 is 0 Å². The Kier molecular flexibility index (Phi) is 2.32. The Labute approximate surface area is 67.1 Å². The minimum Gasteiger partial charge on any atom is -0.342 e. The van der Waals surface area contributed by atoms with Gasteiger partial charge in [0.05, 0.1) is 0 Å². The van der Waals surface area contributed by atoms with Crippen LogP contribution < -0.4 is 0 Å². The summed E-state index contributed by atoms with van der Waals surface area (Å²) in [6, 6.07) is 4.08. The van der Waals surface area contributed by atoms with Gasteiger partial charge in [-0.3, -0.25) is 0 Å². The van der Waals surface area contributed by atoms with Gasteiger partial charge in [0.1, 0.15) is 11.8 Å². The van der Waals surface area contributed by atoms with E-state index >= 15 is 0 Å². The zero-order valence-corrected chi connectivity index (χ0v) is 6.96. The van der Waals surface area contributed by atoms with Crippen molar-refractivity contribution in [3.63, 3.8) is 0 Å². The Balaban J connectivity index is 2.89. The van der Waals surface area contributed by atoms with Gasteiger partial charge in [-0.15, -0.1) is 0 Å². The molecule has 0 aliphatic rings. The molecule has 0 unspecified atom stereocenters. The second-order valence-corrected chi connectivity index (χ2v) is 2.71. The number of hydrogen-bond donors (Lipinski definition) is 0. The number of rotatable bonds is 2. The SMILES string of the molecule is CCCc1cc(C#N)n(C)c1. The van der Waals surface area contributed by atoms with E-state index in [-0.39, 0.29) is 0 Å². The molecule has 2 nitrogen and oxygen atoms in total. The first-order valence-corrected chi connectivity index (χ1v) is 3.83. The highest BCUT2D eigenvalue weighted by Gasteiger charge is 1.99. The Morgan fingerprint density at radius 1 is 1.64 bits per heavy atom. The first-order chi connectivity index (χ1) is 5.27. The van der Waals surface area contributed by atoms with Crippen molar-refractivity contribution in [2.45, 2.75) is 19.8 Å². The van der Waals surface area contributed by atoms with Crippen LogP contribution in [0.1, 0.15) is 24.6 Å². The van der Waals surface area contributed by atoms with E-state index in [4.69, 9.17) is 5.26 Å². The second kappa shape index (κ2) is 3.25. The molecule has 0 aromatic carbocycles. The van der Waals surface area contributed by atoms with Gasteiger partial charge < -0.3 is 4.57 Å². The summed E-state index contributed by atoms with van der Waals surface area (Å²) in [7, 11) is 1.90. The normalized spacial score (nSPS) is 9.55. The van der Waals surface area contributed by atoms with Crippen LogP contribution in [0, 0.1) is 11.3 Å². The third-order valence-corrected chi connectivity index (χ3v) is 1.71. The number of nitrogens with zero attached hydrogens (tertiary/aromatic N) is 2. The highest BCUT2D eigenvalue weighted by molar-refractivity contribution is 5.28. The molecule has 0 fully saturated rings. The van der Waals surface area contributed by atoms with E-state index < -0.39 is 0 Å². The van der Waals surface area contributed by atoms with Crippen LogP contribution in [-0.4, -0.2) is 4.57 Å². The molecule has 2 heteroatoms. The Hall–Kier alpha value is -1.23. The molecule has 0 aliphatic heterocycles. The molecule has 0 saturated heterocycles. The lowest BCUT2D eigenvalue weighted by Crippen LogP contribution is -1.87. The smallest absolute Gasteiger partial charge is 0.120 e. The van der Waals surface area contributed by atoms with Crippen molar-refractivity contribution in [3.8, 4) is 6.07 Å². The summed E-state index contributed by atoms with van der Waals surface area (Å²) in [5, 5.41) is 8.63. The topological polar surface area (TPSA) is 28.7 Å². The van der Waals surface area contributed by atoms with E-state index in [1.54, 1.807) is 0 Å². The highest BCUT2D eigenvalue weighted by Crippen LogP contribution is 2.07. The van der Waals surface area contributed by atoms with Crippen molar-refractivity contribution in [1.82, 2.24) is 4.57 Å². The quantitative estimate of drug-likeness (QED) is 0.629. The van der Waals surface area contributed by atoms with Gasteiger partial charge in [0.15, 0.2) is 0 Å². The number of aryl methyl sites for hydroxylation is 2. The van der Waals surface area contributed by atoms with Crippen LogP contribution in [0.15, 0.2) is 12.3 Å². The summed E-state index contributed by atoms with van der Waals surface area (Å²) in [4.78, 5) is 0. The average molecular weight is 148 g/mol. The molecule has 0 saturated carbocycles. The Morgan fingerprint density at radius 2 is 2.36 bits per heavy atom. The molecule has 0 aliphatic carbocycles. The van der Waals surface area contributed by atoms with Gasteiger partial charge in [0.2, 0.25) is 0 Å². The van der Waals surface area contributed by atoms with E-state index in [0.29, 0.717) is 0 Å². The zero-order chi connectivity index (χ0) is 8.27. The molecule has 58 valence electrons. The Morgan fingerprint density at radius 3 is 2.82 bits per heavy atom. The van der Waals surface area contributed by atoms with Gasteiger partial charge in [0, 0.05) is 13.2 Å². The van der Waals surface area contributed by atoms with E-state index in [0.717, 1.165) is 18.5 Å². The van der Waals surface area contributed by atoms with E-state index in [2.05, 4.69) is 13.0 Å². The minimum absolute atomic E-state index is 0.744. The largest absolute Gasteiger partial charge is 0.342 e. The molecule has 0 amide bonds. The first kappa shape index (κ1) is 7.87. The second-order valence-electron chi connectivity index (χ2n) is 2.71. The lowest BCUT2D eigenvalue weighted by Gasteiger charge is -1.89. The summed E-state index contributed by atoms with van der Waals surface area (Å²) in [5.74, 6) is 0. The maximum absolute atomic E-state index is 8.63. The summed E-state index contributed by atoms with van der Waals surface area (Å²) >= 11 is 0. The predicted molar refractivity (Wildman–Crippen MR) is 44.1 cm³/mol. The first-order valence-electron chi connectivity index (χ1n) is 3.83. The minimum atomic E-state index is 0.744. The molecule has 0 radical (unpaired) electrons. The van der Waals surface area contributed by atoms with Gasteiger partial charge >= 0.3 is 0 Å². The maximum atomic E-state index is 8.63. The van der Waals surface area contributed by atoms with Crippen molar-refractivity contribution in [2.24, 2.45) is 7.05 Å². The molecule has 0 N–H and O–H groups in total. The van der Waals surface area contributed by atoms with Crippen molar-refractivity contribution >= 4 is 0 Å². The fourth-order valence-electron chi connectivity index (χ4n) is 1.17. The number of aromatic nitrogens is 1. The standard InChI is InChI=1S/C9H12N2/c1-3-4-8-5-9(6-10)11(2)7-8/h5,7H,3-4H2,1-2H3. The van der Waals surface area contributed by atoms with Gasteiger partial charge in [-0.25, -0.2) is 0 Å². The fourth-order valence-corrected chi connectivity index (χ4v) is 1.17. The van der Waals surface area contributed by atoms with Crippen LogP contribution in [-0.2, 0) is 13.5 Å². The van der Waals surface area contributed by atoms with Gasteiger partial charge in [-0.2, -0.15) is 5.26 Å². The molecule has 1 heterocycles. The van der Waals surface area contributed by atoms with Crippen molar-refractivity contribution in [3.05, 3.63) is 23.5 Å². The van der Waals surface area contributed by atoms with Crippen LogP contribution in [0.3, 0.4) is 0 Å². The van der Waals surface area contributed by atoms with Crippen LogP contribution in [0.4, 0.5) is 0 Å². The maximum Gasteiger partial charge on any atom is 0.120 e. The third kappa shape index (κ3) is 1.62. The molecule has 0 atom stereocenters. The number of nitriles is 1. The van der Waals surface area contributed by atoms with E-state index in [1.807, 2.05) is 23.9 Å². The molecule has 11 heavy (non-hydrogen) atoms. The molecule has 0 bridgehead atoms. The van der Waals surface area contributed by atoms with Crippen molar-refractivity contribution in [1.29, 1.82) is 5.26 Å². The van der Waals surface area contributed by atoms with Crippen LogP contribution in [0.2, 0.25) is 0 Å². The average Bonchev–Trinajstić information content (AvgIpc) is 2.32. The van der Waals surface area contributed by atoms with Crippen LogP contribution >= 0.6 is 0 Å². The molecule has 1 aromatic rings. The van der Waals surface area contributed by atoms with Crippen molar-refractivity contribution in [2.75, 3.05) is 0 Å². The van der Waals surface area contributed by atoms with Crippen LogP contribution in [0.5, 0.6) is 0 Å². The van der Waals surface area contributed by atoms with E-state index in [1.165, 1.54) is 5.56 Å². The fraction of sp³-hybridized carbons (Fsp3) is 0.444. The zero-order valence-electron chi connectivity index (χ0n) is 6.96. The van der Waals surface area contributed by atoms with Gasteiger partial charge in [0.25, 0.3) is 0 Å². The van der Waals surface area contributed by atoms with Crippen LogP contribution in [0.25, 0.3) is 0 Å². The third-order valence-electron chi connectivity index (χ3n) is 1.71. The number of hydrogen-bond acceptors (Lipinski definition) is 1. The highest BCUT2D eigenvalue weighted by atomic mass is 14.9. The van der Waals surface area contributed by atoms with E-state index in [9.17, 15) is 0 Å².